The fraction of sp³-hybridized carbons (Fsp3) is 0.130. The number of esters is 1. The van der Waals surface area contributed by atoms with Crippen LogP contribution < -0.4 is 15.6 Å². The molecule has 0 aliphatic carbocycles. The standard InChI is InChI=1S/C23H17ClFN3O5S/c1-3-33-23(31)19-14-11-34-21(26-20(29)13-10-12(24)8-9-17(13)32-2)18(14)22(30)28(27-19)16-7-5-4-6-15(16)25/h4-11H,3H2,1-2H3,(H,26,29). The molecule has 0 radical (unpaired) electrons. The molecule has 2 aromatic heterocycles. The molecule has 2 heterocycles. The van der Waals surface area contributed by atoms with E-state index in [1.165, 1.54) is 48.9 Å². The third kappa shape index (κ3) is 4.25. The summed E-state index contributed by atoms with van der Waals surface area (Å²) in [7, 11) is 1.41. The average Bonchev–Trinajstić information content (AvgIpc) is 3.24. The number of hydrogen-bond acceptors (Lipinski definition) is 7. The highest BCUT2D eigenvalue weighted by atomic mass is 35.5. The molecule has 4 aromatic rings. The lowest BCUT2D eigenvalue weighted by Crippen LogP contribution is -2.26. The van der Waals surface area contributed by atoms with Crippen LogP contribution in [-0.2, 0) is 4.74 Å². The molecule has 0 saturated carbocycles. The number of rotatable bonds is 6. The van der Waals surface area contributed by atoms with Crippen LogP contribution in [0.15, 0.2) is 52.6 Å². The van der Waals surface area contributed by atoms with Gasteiger partial charge >= 0.3 is 5.97 Å². The molecule has 1 N–H and O–H groups in total. The number of nitrogens with one attached hydrogen (secondary N) is 1. The van der Waals surface area contributed by atoms with Crippen molar-refractivity contribution in [1.82, 2.24) is 9.78 Å². The molecule has 8 nitrogen and oxygen atoms in total. The van der Waals surface area contributed by atoms with Crippen LogP contribution in [-0.4, -0.2) is 35.4 Å². The Kier molecular flexibility index (Phi) is 6.62. The number of hydrogen-bond donors (Lipinski definition) is 1. The number of aromatic nitrogens is 2. The maximum atomic E-state index is 14.5. The van der Waals surface area contributed by atoms with Gasteiger partial charge in [0.2, 0.25) is 0 Å². The molecule has 1 amide bonds. The minimum absolute atomic E-state index is 0.0133. The van der Waals surface area contributed by atoms with Gasteiger partial charge < -0.3 is 14.8 Å². The molecule has 4 rings (SSSR count). The highest BCUT2D eigenvalue weighted by molar-refractivity contribution is 7.16. The Morgan fingerprint density at radius 3 is 2.71 bits per heavy atom. The first-order valence-electron chi connectivity index (χ1n) is 9.97. The Morgan fingerprint density at radius 2 is 2.00 bits per heavy atom. The van der Waals surface area contributed by atoms with E-state index < -0.39 is 23.3 Å². The molecule has 0 fully saturated rings. The van der Waals surface area contributed by atoms with Gasteiger partial charge in [-0.2, -0.15) is 9.78 Å². The Balaban J connectivity index is 1.91. The van der Waals surface area contributed by atoms with Gasteiger partial charge in [-0.25, -0.2) is 9.18 Å². The van der Waals surface area contributed by atoms with E-state index in [-0.39, 0.29) is 45.1 Å². The van der Waals surface area contributed by atoms with E-state index in [1.54, 1.807) is 13.0 Å². The Labute approximate surface area is 201 Å². The van der Waals surface area contributed by atoms with Crippen molar-refractivity contribution in [3.63, 3.8) is 0 Å². The molecule has 0 aliphatic rings. The van der Waals surface area contributed by atoms with Gasteiger partial charge in [0.15, 0.2) is 5.69 Å². The van der Waals surface area contributed by atoms with Crippen LogP contribution in [0.3, 0.4) is 0 Å². The van der Waals surface area contributed by atoms with Crippen molar-refractivity contribution in [2.75, 3.05) is 19.0 Å². The summed E-state index contributed by atoms with van der Waals surface area (Å²) in [5.41, 5.74) is -0.912. The fourth-order valence-electron chi connectivity index (χ4n) is 3.31. The first-order valence-corrected chi connectivity index (χ1v) is 11.2. The third-order valence-electron chi connectivity index (χ3n) is 4.84. The maximum absolute atomic E-state index is 14.5. The largest absolute Gasteiger partial charge is 0.496 e. The third-order valence-corrected chi connectivity index (χ3v) is 5.97. The minimum atomic E-state index is -0.787. The van der Waals surface area contributed by atoms with E-state index in [1.807, 2.05) is 0 Å². The second-order valence-electron chi connectivity index (χ2n) is 6.89. The first-order chi connectivity index (χ1) is 16.3. The Morgan fingerprint density at radius 1 is 1.24 bits per heavy atom. The molecule has 11 heteroatoms. The monoisotopic (exact) mass is 501 g/mol. The first kappa shape index (κ1) is 23.4. The van der Waals surface area contributed by atoms with Gasteiger partial charge in [-0.15, -0.1) is 11.3 Å². The number of thiophene rings is 1. The molecular weight excluding hydrogens is 485 g/mol. The highest BCUT2D eigenvalue weighted by Crippen LogP contribution is 2.32. The van der Waals surface area contributed by atoms with Crippen LogP contribution in [0.5, 0.6) is 5.75 Å². The molecule has 0 spiro atoms. The number of ether oxygens (including phenoxy) is 2. The van der Waals surface area contributed by atoms with Crippen LogP contribution in [0.4, 0.5) is 9.39 Å². The number of methoxy groups -OCH3 is 1. The minimum Gasteiger partial charge on any atom is -0.496 e. The SMILES string of the molecule is CCOC(=O)c1nn(-c2ccccc2F)c(=O)c2c(NC(=O)c3cc(Cl)ccc3OC)scc12. The van der Waals surface area contributed by atoms with E-state index in [9.17, 15) is 18.8 Å². The number of fused-ring (bicyclic) bond motifs is 1. The average molecular weight is 502 g/mol. The highest BCUT2D eigenvalue weighted by Gasteiger charge is 2.24. The summed E-state index contributed by atoms with van der Waals surface area (Å²) in [5.74, 6) is -1.81. The summed E-state index contributed by atoms with van der Waals surface area (Å²) in [6.07, 6.45) is 0. The van der Waals surface area contributed by atoms with Crippen molar-refractivity contribution in [3.8, 4) is 11.4 Å². The van der Waals surface area contributed by atoms with Gasteiger partial charge in [0.05, 0.1) is 24.7 Å². The lowest BCUT2D eigenvalue weighted by atomic mass is 10.1. The summed E-state index contributed by atoms with van der Waals surface area (Å²) in [6.45, 7) is 1.70. The van der Waals surface area contributed by atoms with E-state index in [0.29, 0.717) is 5.02 Å². The van der Waals surface area contributed by atoms with E-state index >= 15 is 0 Å². The number of halogens is 2. The van der Waals surface area contributed by atoms with Crippen LogP contribution >= 0.6 is 22.9 Å². The second-order valence-corrected chi connectivity index (χ2v) is 8.21. The van der Waals surface area contributed by atoms with Gasteiger partial charge in [0.25, 0.3) is 11.5 Å². The van der Waals surface area contributed by atoms with E-state index in [0.717, 1.165) is 16.0 Å². The number of nitrogens with zero attached hydrogens (tertiary/aromatic N) is 2. The van der Waals surface area contributed by atoms with Crippen molar-refractivity contribution >= 4 is 50.6 Å². The molecular formula is C23H17ClFN3O5S. The van der Waals surface area contributed by atoms with Crippen molar-refractivity contribution in [1.29, 1.82) is 0 Å². The summed E-state index contributed by atoms with van der Waals surface area (Å²) in [6, 6.07) is 10.0. The molecule has 174 valence electrons. The summed E-state index contributed by atoms with van der Waals surface area (Å²) < 4.78 is 25.6. The number of carbonyl (C=O) groups excluding carboxylic acids is 2. The van der Waals surface area contributed by atoms with E-state index in [2.05, 4.69) is 10.4 Å². The fourth-order valence-corrected chi connectivity index (χ4v) is 4.41. The maximum Gasteiger partial charge on any atom is 0.359 e. The molecule has 0 bridgehead atoms. The number of para-hydroxylation sites is 1. The number of benzene rings is 2. The quantitative estimate of drug-likeness (QED) is 0.385. The van der Waals surface area contributed by atoms with Gasteiger partial charge in [-0.3, -0.25) is 9.59 Å². The number of amides is 1. The van der Waals surface area contributed by atoms with Crippen LogP contribution in [0, 0.1) is 5.82 Å². The lowest BCUT2D eigenvalue weighted by Gasteiger charge is -2.11. The van der Waals surface area contributed by atoms with Crippen molar-refractivity contribution in [3.05, 3.63) is 80.3 Å². The zero-order valence-corrected chi connectivity index (χ0v) is 19.5. The van der Waals surface area contributed by atoms with Crippen LogP contribution in [0.25, 0.3) is 16.5 Å². The normalized spacial score (nSPS) is 10.8. The predicted octanol–water partition coefficient (Wildman–Crippen LogP) is 4.68. The zero-order valence-electron chi connectivity index (χ0n) is 17.9. The topological polar surface area (TPSA) is 99.5 Å². The Bertz CT molecular complexity index is 1480. The molecule has 0 atom stereocenters. The molecule has 34 heavy (non-hydrogen) atoms. The van der Waals surface area contributed by atoms with Crippen molar-refractivity contribution in [2.24, 2.45) is 0 Å². The van der Waals surface area contributed by atoms with Crippen molar-refractivity contribution < 1.29 is 23.5 Å². The Hall–Kier alpha value is -3.76. The van der Waals surface area contributed by atoms with Crippen LogP contribution in [0.1, 0.15) is 27.8 Å². The lowest BCUT2D eigenvalue weighted by molar-refractivity contribution is 0.0519. The summed E-state index contributed by atoms with van der Waals surface area (Å²) in [4.78, 5) is 39.0. The molecule has 0 saturated heterocycles. The number of carbonyl (C=O) groups is 2. The van der Waals surface area contributed by atoms with Gasteiger partial charge in [0.1, 0.15) is 22.3 Å². The van der Waals surface area contributed by atoms with Crippen LogP contribution in [0.2, 0.25) is 5.02 Å². The number of anilines is 1. The summed E-state index contributed by atoms with van der Waals surface area (Å²) in [5, 5.41) is 8.88. The molecule has 2 aromatic carbocycles. The second kappa shape index (κ2) is 9.62. The smallest absolute Gasteiger partial charge is 0.359 e. The van der Waals surface area contributed by atoms with Gasteiger partial charge in [-0.1, -0.05) is 23.7 Å². The molecule has 0 unspecified atom stereocenters. The predicted molar refractivity (Wildman–Crippen MR) is 127 cm³/mol. The van der Waals surface area contributed by atoms with Gasteiger partial charge in [0, 0.05) is 15.8 Å². The van der Waals surface area contributed by atoms with Crippen molar-refractivity contribution in [2.45, 2.75) is 6.92 Å². The zero-order chi connectivity index (χ0) is 24.4. The summed E-state index contributed by atoms with van der Waals surface area (Å²) >= 11 is 7.04. The van der Waals surface area contributed by atoms with E-state index in [4.69, 9.17) is 21.1 Å². The molecule has 0 aliphatic heterocycles. The van der Waals surface area contributed by atoms with Gasteiger partial charge in [-0.05, 0) is 37.3 Å².